The second-order valence-electron chi connectivity index (χ2n) is 8.68. The molecule has 1 aliphatic carbocycles. The molecule has 4 aromatic rings. The molecule has 32 heavy (non-hydrogen) atoms. The van der Waals surface area contributed by atoms with Crippen molar-refractivity contribution < 1.29 is 17.9 Å². The highest BCUT2D eigenvalue weighted by atomic mass is 19.1. The van der Waals surface area contributed by atoms with Crippen LogP contribution < -0.4 is 9.13 Å². The van der Waals surface area contributed by atoms with Gasteiger partial charge in [0.25, 0.3) is 5.69 Å². The first-order chi connectivity index (χ1) is 15.6. The van der Waals surface area contributed by atoms with E-state index in [1.807, 2.05) is 54.9 Å². The van der Waals surface area contributed by atoms with Crippen molar-refractivity contribution in [3.63, 3.8) is 0 Å². The molecule has 4 atom stereocenters. The molecule has 3 aromatic heterocycles. The Balaban J connectivity index is 1.57. The van der Waals surface area contributed by atoms with Gasteiger partial charge in [0.15, 0.2) is 18.4 Å². The van der Waals surface area contributed by atoms with Gasteiger partial charge in [0.2, 0.25) is 17.1 Å². The zero-order valence-electron chi connectivity index (χ0n) is 16.9. The zero-order chi connectivity index (χ0) is 21.6. The normalized spacial score (nSPS) is 26.2. The summed E-state index contributed by atoms with van der Waals surface area (Å²) in [6.45, 7) is 4.65. The topological polar surface area (TPSA) is 51.4 Å². The molecule has 156 valence electrons. The fraction of sp³-hybridized carbons (Fsp3) is 0.208. The Hall–Kier alpha value is -3.81. The summed E-state index contributed by atoms with van der Waals surface area (Å²) in [6, 6.07) is 14.0. The Morgan fingerprint density at radius 1 is 1.09 bits per heavy atom. The van der Waals surface area contributed by atoms with E-state index in [0.717, 1.165) is 17.5 Å². The molecule has 0 N–H and O–H groups in total. The number of allylic oxidation sites excluding steroid dienone is 1. The molecule has 0 amide bonds. The van der Waals surface area contributed by atoms with E-state index in [1.165, 1.54) is 6.07 Å². The van der Waals surface area contributed by atoms with Gasteiger partial charge < -0.3 is 0 Å². The molecule has 2 aliphatic heterocycles. The molecule has 7 rings (SSSR count). The van der Waals surface area contributed by atoms with Gasteiger partial charge in [-0.1, -0.05) is 6.08 Å². The molecular weight excluding hydrogens is 410 g/mol. The Labute approximate surface area is 182 Å². The van der Waals surface area contributed by atoms with Crippen LogP contribution in [0.4, 0.5) is 8.78 Å². The molecule has 5 heterocycles. The molecule has 1 saturated carbocycles. The number of hydrogen-bond acceptors (Lipinski definition) is 3. The lowest BCUT2D eigenvalue weighted by Crippen LogP contribution is -2.80. The van der Waals surface area contributed by atoms with Crippen molar-refractivity contribution in [3.05, 3.63) is 90.8 Å². The minimum atomic E-state index is -0.571. The predicted octanol–water partition coefficient (Wildman–Crippen LogP) is 2.72. The van der Waals surface area contributed by atoms with Gasteiger partial charge in [0.1, 0.15) is 30.0 Å². The van der Waals surface area contributed by atoms with Crippen LogP contribution in [0.5, 0.6) is 0 Å². The molecular formula is C24H18F2N6+2. The van der Waals surface area contributed by atoms with Gasteiger partial charge in [-0.05, 0) is 34.2 Å². The number of halogens is 2. The number of hydrogen-bond donors (Lipinski definition) is 0. The third-order valence-corrected chi connectivity index (χ3v) is 7.44. The first-order valence-corrected chi connectivity index (χ1v) is 10.5. The highest BCUT2D eigenvalue weighted by Gasteiger charge is 2.76. The summed E-state index contributed by atoms with van der Waals surface area (Å²) >= 11 is 0. The van der Waals surface area contributed by atoms with Crippen LogP contribution in [0.15, 0.2) is 73.6 Å². The Morgan fingerprint density at radius 3 is 2.75 bits per heavy atom. The summed E-state index contributed by atoms with van der Waals surface area (Å²) in [7, 11) is 0. The first-order valence-electron chi connectivity index (χ1n) is 10.5. The van der Waals surface area contributed by atoms with Crippen LogP contribution in [0, 0.1) is 17.6 Å². The van der Waals surface area contributed by atoms with Crippen molar-refractivity contribution >= 4 is 0 Å². The van der Waals surface area contributed by atoms with Crippen LogP contribution in [0.25, 0.3) is 22.8 Å². The molecule has 6 nitrogen and oxygen atoms in total. The van der Waals surface area contributed by atoms with Crippen LogP contribution in [-0.2, 0) is 12.1 Å². The number of tetrazole rings is 1. The van der Waals surface area contributed by atoms with E-state index in [0.29, 0.717) is 23.5 Å². The molecule has 4 unspecified atom stereocenters. The maximum Gasteiger partial charge on any atom is 0.252 e. The number of benzene rings is 1. The lowest BCUT2D eigenvalue weighted by atomic mass is 9.50. The number of fused-ring (bicyclic) bond motifs is 11. The number of pyridine rings is 2. The second kappa shape index (κ2) is 5.91. The molecule has 3 aliphatic rings. The average Bonchev–Trinajstić information content (AvgIpc) is 3.26. The Kier molecular flexibility index (Phi) is 3.29. The smallest absolute Gasteiger partial charge is 0.213 e. The highest BCUT2D eigenvalue weighted by molar-refractivity contribution is 5.66. The summed E-state index contributed by atoms with van der Waals surface area (Å²) in [4.78, 5) is 0. The molecule has 1 fully saturated rings. The minimum Gasteiger partial charge on any atom is -0.213 e. The zero-order valence-corrected chi connectivity index (χ0v) is 16.9. The molecule has 1 spiro atoms. The van der Waals surface area contributed by atoms with E-state index in [9.17, 15) is 4.39 Å². The van der Waals surface area contributed by atoms with Gasteiger partial charge >= 0.3 is 0 Å². The van der Waals surface area contributed by atoms with E-state index in [4.69, 9.17) is 0 Å². The standard InChI is InChI=1S/C24H18F2N6/c1-2-16-22-21(15-11-14(25)12-17(26)20(15)18-7-3-5-9-30(18)22)24(16)13-32-23(27-28-29-32)19-8-4-6-10-31(19)24/h2-12,16,21-22H,1,13H2/q+2. The van der Waals surface area contributed by atoms with Crippen LogP contribution in [-0.4, -0.2) is 20.2 Å². The van der Waals surface area contributed by atoms with Gasteiger partial charge in [-0.2, -0.15) is 9.13 Å². The number of nitrogens with zero attached hydrogens (tertiary/aromatic N) is 6. The van der Waals surface area contributed by atoms with Crippen molar-refractivity contribution in [3.8, 4) is 22.8 Å². The molecule has 0 saturated heterocycles. The average molecular weight is 428 g/mol. The lowest BCUT2D eigenvalue weighted by Gasteiger charge is -2.55. The van der Waals surface area contributed by atoms with Crippen molar-refractivity contribution in [2.24, 2.45) is 5.92 Å². The predicted molar refractivity (Wildman–Crippen MR) is 109 cm³/mol. The summed E-state index contributed by atoms with van der Waals surface area (Å²) in [6.07, 6.45) is 5.95. The van der Waals surface area contributed by atoms with Crippen molar-refractivity contribution in [1.82, 2.24) is 20.2 Å². The third kappa shape index (κ3) is 1.91. The van der Waals surface area contributed by atoms with Gasteiger partial charge in [-0.15, -0.1) is 11.7 Å². The maximum atomic E-state index is 15.2. The quantitative estimate of drug-likeness (QED) is 0.346. The number of aromatic nitrogens is 6. The third-order valence-electron chi connectivity index (χ3n) is 7.44. The molecule has 0 radical (unpaired) electrons. The largest absolute Gasteiger partial charge is 0.252 e. The minimum absolute atomic E-state index is 0.0124. The maximum absolute atomic E-state index is 15.2. The first kappa shape index (κ1) is 17.8. The number of rotatable bonds is 1. The summed E-state index contributed by atoms with van der Waals surface area (Å²) in [5, 5.41) is 12.3. The van der Waals surface area contributed by atoms with Crippen molar-refractivity contribution in [2.45, 2.75) is 24.0 Å². The van der Waals surface area contributed by atoms with Gasteiger partial charge in [0.05, 0.1) is 5.56 Å². The van der Waals surface area contributed by atoms with E-state index in [2.05, 4.69) is 31.2 Å². The highest BCUT2D eigenvalue weighted by Crippen LogP contribution is 2.63. The summed E-state index contributed by atoms with van der Waals surface area (Å²) in [5.74, 6) is -0.653. The van der Waals surface area contributed by atoms with Crippen LogP contribution >= 0.6 is 0 Å². The monoisotopic (exact) mass is 428 g/mol. The Morgan fingerprint density at radius 2 is 1.91 bits per heavy atom. The molecule has 8 heteroatoms. The van der Waals surface area contributed by atoms with E-state index >= 15 is 4.39 Å². The van der Waals surface area contributed by atoms with Gasteiger partial charge in [-0.3, -0.25) is 0 Å². The van der Waals surface area contributed by atoms with Crippen molar-refractivity contribution in [2.75, 3.05) is 0 Å². The lowest BCUT2D eigenvalue weighted by molar-refractivity contribution is -0.839. The van der Waals surface area contributed by atoms with Crippen LogP contribution in [0.1, 0.15) is 17.5 Å². The van der Waals surface area contributed by atoms with E-state index < -0.39 is 17.2 Å². The fourth-order valence-corrected chi connectivity index (χ4v) is 6.37. The second-order valence-corrected chi connectivity index (χ2v) is 8.68. The summed E-state index contributed by atoms with van der Waals surface area (Å²) < 4.78 is 35.9. The van der Waals surface area contributed by atoms with E-state index in [1.54, 1.807) is 4.68 Å². The van der Waals surface area contributed by atoms with E-state index in [-0.39, 0.29) is 17.9 Å². The molecule has 1 aromatic carbocycles. The van der Waals surface area contributed by atoms with Crippen LogP contribution in [0.2, 0.25) is 0 Å². The van der Waals surface area contributed by atoms with Crippen molar-refractivity contribution in [1.29, 1.82) is 0 Å². The summed E-state index contributed by atoms with van der Waals surface area (Å²) in [5.41, 5.74) is 2.20. The van der Waals surface area contributed by atoms with Gasteiger partial charge in [0, 0.05) is 30.3 Å². The van der Waals surface area contributed by atoms with Gasteiger partial charge in [-0.25, -0.2) is 13.5 Å². The SMILES string of the molecule is C=CC1C2C(c3cc(F)cc(F)c3-c3cccc[n+]32)C12Cn1nnnc1-c1cccc[n+]12. The Bertz CT molecular complexity index is 1450. The molecule has 0 bridgehead atoms. The van der Waals surface area contributed by atoms with Crippen LogP contribution in [0.3, 0.4) is 0 Å². The fourth-order valence-electron chi connectivity index (χ4n) is 6.37.